The van der Waals surface area contributed by atoms with E-state index in [4.69, 9.17) is 0 Å². The average molecular weight is 438 g/mol. The molecule has 32 heavy (non-hydrogen) atoms. The third-order valence-electron chi connectivity index (χ3n) is 6.79. The lowest BCUT2D eigenvalue weighted by molar-refractivity contribution is -0.137. The van der Waals surface area contributed by atoms with Gasteiger partial charge in [0.1, 0.15) is 5.82 Å². The topological polar surface area (TPSA) is 83.0 Å². The summed E-state index contributed by atoms with van der Waals surface area (Å²) in [6.07, 6.45) is 8.43. The Bertz CT molecular complexity index is 1160. The zero-order chi connectivity index (χ0) is 22.2. The van der Waals surface area contributed by atoms with Crippen molar-refractivity contribution in [1.29, 1.82) is 0 Å². The average Bonchev–Trinajstić information content (AvgIpc) is 3.51. The van der Waals surface area contributed by atoms with Gasteiger partial charge in [-0.15, -0.1) is 0 Å². The number of halogens is 1. The lowest BCUT2D eigenvalue weighted by atomic mass is 9.94. The second kappa shape index (κ2) is 8.41. The second-order valence-corrected chi connectivity index (χ2v) is 9.01. The van der Waals surface area contributed by atoms with Crippen LogP contribution in [0.15, 0.2) is 30.6 Å². The smallest absolute Gasteiger partial charge is 0.231 e. The van der Waals surface area contributed by atoms with Gasteiger partial charge < -0.3 is 15.2 Å². The van der Waals surface area contributed by atoms with Gasteiger partial charge in [-0.1, -0.05) is 12.8 Å². The van der Waals surface area contributed by atoms with Gasteiger partial charge in [-0.25, -0.2) is 4.39 Å². The van der Waals surface area contributed by atoms with Crippen LogP contribution >= 0.6 is 0 Å². The highest BCUT2D eigenvalue weighted by Crippen LogP contribution is 2.32. The number of amides is 2. The van der Waals surface area contributed by atoms with Gasteiger partial charge in [0.05, 0.1) is 11.6 Å². The molecule has 3 aromatic rings. The van der Waals surface area contributed by atoms with Crippen molar-refractivity contribution in [2.24, 2.45) is 13.0 Å². The molecule has 2 N–H and O–H groups in total. The molecule has 168 valence electrons. The number of nitrogens with zero attached hydrogens (tertiary/aromatic N) is 3. The minimum Gasteiger partial charge on any atom is -0.361 e. The highest BCUT2D eigenvalue weighted by atomic mass is 19.1. The molecular formula is C24H28FN5O2. The lowest BCUT2D eigenvalue weighted by Gasteiger charge is -2.33. The zero-order valence-electron chi connectivity index (χ0n) is 18.2. The SMILES string of the molecule is Cn1cc2c(n1)[C@@H](C(=O)NCCc1c[nH]c3ccc(F)cc13)CN(C(=O)C1CCCC1)C2. The Balaban J connectivity index is 1.28. The van der Waals surface area contributed by atoms with E-state index in [1.54, 1.807) is 10.7 Å². The highest BCUT2D eigenvalue weighted by molar-refractivity contribution is 5.87. The predicted octanol–water partition coefficient (Wildman–Crippen LogP) is 3.02. The second-order valence-electron chi connectivity index (χ2n) is 9.01. The monoisotopic (exact) mass is 437 g/mol. The Hall–Kier alpha value is -3.16. The molecule has 1 saturated carbocycles. The normalized spacial score (nSPS) is 18.8. The number of fused-ring (bicyclic) bond motifs is 2. The number of rotatable bonds is 5. The number of hydrogen-bond donors (Lipinski definition) is 2. The summed E-state index contributed by atoms with van der Waals surface area (Å²) in [5.74, 6) is -0.639. The fourth-order valence-electron chi connectivity index (χ4n) is 5.15. The molecule has 2 amide bonds. The summed E-state index contributed by atoms with van der Waals surface area (Å²) in [5.41, 5.74) is 3.53. The molecular weight excluding hydrogens is 409 g/mol. The number of aromatic nitrogens is 3. The molecule has 1 atom stereocenters. The van der Waals surface area contributed by atoms with Crippen LogP contribution in [0.25, 0.3) is 10.9 Å². The molecule has 3 heterocycles. The molecule has 0 unspecified atom stereocenters. The largest absolute Gasteiger partial charge is 0.361 e. The van der Waals surface area contributed by atoms with Crippen molar-refractivity contribution in [3.63, 3.8) is 0 Å². The number of aryl methyl sites for hydroxylation is 1. The van der Waals surface area contributed by atoms with Crippen molar-refractivity contribution in [3.8, 4) is 0 Å². The van der Waals surface area contributed by atoms with Crippen molar-refractivity contribution >= 4 is 22.7 Å². The Morgan fingerprint density at radius 1 is 1.28 bits per heavy atom. The molecule has 2 aromatic heterocycles. The molecule has 0 spiro atoms. The number of carbonyl (C=O) groups excluding carboxylic acids is 2. The van der Waals surface area contributed by atoms with Crippen molar-refractivity contribution in [2.45, 2.75) is 44.6 Å². The van der Waals surface area contributed by atoms with Gasteiger partial charge >= 0.3 is 0 Å². The Morgan fingerprint density at radius 3 is 2.91 bits per heavy atom. The Kier molecular flexibility index (Phi) is 5.45. The molecule has 7 nitrogen and oxygen atoms in total. The van der Waals surface area contributed by atoms with E-state index in [0.29, 0.717) is 26.1 Å². The maximum absolute atomic E-state index is 13.6. The first-order valence-corrected chi connectivity index (χ1v) is 11.3. The van der Waals surface area contributed by atoms with Crippen molar-refractivity contribution in [1.82, 2.24) is 25.0 Å². The summed E-state index contributed by atoms with van der Waals surface area (Å²) < 4.78 is 15.3. The van der Waals surface area contributed by atoms with E-state index >= 15 is 0 Å². The van der Waals surface area contributed by atoms with Crippen molar-refractivity contribution < 1.29 is 14.0 Å². The van der Waals surface area contributed by atoms with E-state index in [9.17, 15) is 14.0 Å². The van der Waals surface area contributed by atoms with Crippen molar-refractivity contribution in [2.75, 3.05) is 13.1 Å². The minimum absolute atomic E-state index is 0.0826. The lowest BCUT2D eigenvalue weighted by Crippen LogP contribution is -2.45. The fourth-order valence-corrected chi connectivity index (χ4v) is 5.15. The van der Waals surface area contributed by atoms with Crippen LogP contribution in [0, 0.1) is 11.7 Å². The number of carbonyl (C=O) groups is 2. The van der Waals surface area contributed by atoms with Crippen LogP contribution < -0.4 is 5.32 Å². The first kappa shape index (κ1) is 20.7. The maximum atomic E-state index is 13.6. The Labute approximate surface area is 186 Å². The summed E-state index contributed by atoms with van der Waals surface area (Å²) in [5, 5.41) is 8.37. The van der Waals surface area contributed by atoms with Gasteiger partial charge in [-0.3, -0.25) is 14.3 Å². The highest BCUT2D eigenvalue weighted by Gasteiger charge is 2.37. The maximum Gasteiger partial charge on any atom is 0.231 e. The molecule has 1 aliphatic heterocycles. The van der Waals surface area contributed by atoms with Crippen LogP contribution in [-0.4, -0.2) is 44.6 Å². The molecule has 2 aliphatic rings. The van der Waals surface area contributed by atoms with Crippen LogP contribution in [0.4, 0.5) is 4.39 Å². The molecule has 0 saturated heterocycles. The summed E-state index contributed by atoms with van der Waals surface area (Å²) in [7, 11) is 1.84. The van der Waals surface area contributed by atoms with Gasteiger partial charge in [-0.2, -0.15) is 5.10 Å². The van der Waals surface area contributed by atoms with E-state index in [1.165, 1.54) is 12.1 Å². The van der Waals surface area contributed by atoms with E-state index in [-0.39, 0.29) is 23.5 Å². The van der Waals surface area contributed by atoms with Crippen LogP contribution in [0.5, 0.6) is 0 Å². The first-order chi connectivity index (χ1) is 15.5. The summed E-state index contributed by atoms with van der Waals surface area (Å²) >= 11 is 0. The number of aromatic amines is 1. The molecule has 0 bridgehead atoms. The molecule has 1 aromatic carbocycles. The summed E-state index contributed by atoms with van der Waals surface area (Å²) in [4.78, 5) is 31.2. The molecule has 1 fully saturated rings. The quantitative estimate of drug-likeness (QED) is 0.644. The molecule has 0 radical (unpaired) electrons. The van der Waals surface area contributed by atoms with E-state index in [2.05, 4.69) is 15.4 Å². The van der Waals surface area contributed by atoms with Gasteiger partial charge in [0.25, 0.3) is 0 Å². The van der Waals surface area contributed by atoms with Gasteiger partial charge in [0, 0.05) is 61.5 Å². The Morgan fingerprint density at radius 2 is 2.09 bits per heavy atom. The third-order valence-corrected chi connectivity index (χ3v) is 6.79. The zero-order valence-corrected chi connectivity index (χ0v) is 18.2. The number of benzene rings is 1. The fraction of sp³-hybridized carbons (Fsp3) is 0.458. The first-order valence-electron chi connectivity index (χ1n) is 11.3. The van der Waals surface area contributed by atoms with Crippen LogP contribution in [0.2, 0.25) is 0 Å². The minimum atomic E-state index is -0.481. The van der Waals surface area contributed by atoms with Gasteiger partial charge in [0.2, 0.25) is 11.8 Å². The van der Waals surface area contributed by atoms with Crippen LogP contribution in [-0.2, 0) is 29.6 Å². The third kappa shape index (κ3) is 3.89. The van der Waals surface area contributed by atoms with E-state index in [0.717, 1.165) is 53.4 Å². The van der Waals surface area contributed by atoms with Gasteiger partial charge in [0.15, 0.2) is 0 Å². The molecule has 1 aliphatic carbocycles. The predicted molar refractivity (Wildman–Crippen MR) is 118 cm³/mol. The van der Waals surface area contributed by atoms with E-state index in [1.807, 2.05) is 24.3 Å². The van der Waals surface area contributed by atoms with Crippen LogP contribution in [0.3, 0.4) is 0 Å². The molecule has 5 rings (SSSR count). The van der Waals surface area contributed by atoms with E-state index < -0.39 is 5.92 Å². The number of nitrogens with one attached hydrogen (secondary N) is 2. The standard InChI is InChI=1S/C24H28FN5O2/c1-29-12-17-13-30(24(32)15-4-2-3-5-15)14-20(22(17)28-29)23(31)26-9-8-16-11-27-21-7-6-18(25)10-19(16)21/h6-7,10-12,15,20,27H,2-5,8-9,13-14H2,1H3,(H,26,31)/t20-/m0/s1. The van der Waals surface area contributed by atoms with Crippen LogP contribution in [0.1, 0.15) is 48.4 Å². The summed E-state index contributed by atoms with van der Waals surface area (Å²) in [6.45, 7) is 1.31. The number of hydrogen-bond acceptors (Lipinski definition) is 3. The number of H-pyrrole nitrogens is 1. The van der Waals surface area contributed by atoms with Gasteiger partial charge in [-0.05, 0) is 43.0 Å². The van der Waals surface area contributed by atoms with Crippen molar-refractivity contribution in [3.05, 3.63) is 53.2 Å². The molecule has 8 heteroatoms. The summed E-state index contributed by atoms with van der Waals surface area (Å²) in [6, 6.07) is 4.65.